The molecular formula is C22H32N4O2. The molecule has 6 heteroatoms. The summed E-state index contributed by atoms with van der Waals surface area (Å²) in [6.07, 6.45) is 5.39. The number of benzene rings is 1. The van der Waals surface area contributed by atoms with Gasteiger partial charge in [0.15, 0.2) is 0 Å². The Morgan fingerprint density at radius 2 is 1.93 bits per heavy atom. The van der Waals surface area contributed by atoms with Crippen LogP contribution in [0.15, 0.2) is 24.3 Å². The average Bonchev–Trinajstić information content (AvgIpc) is 3.41. The van der Waals surface area contributed by atoms with Crippen molar-refractivity contribution >= 4 is 17.5 Å². The number of rotatable bonds is 4. The number of carbonyl (C=O) groups is 2. The van der Waals surface area contributed by atoms with Crippen molar-refractivity contribution in [1.82, 2.24) is 15.1 Å². The molecule has 1 spiro atoms. The fourth-order valence-corrected chi connectivity index (χ4v) is 4.95. The van der Waals surface area contributed by atoms with Gasteiger partial charge in [0.05, 0.1) is 0 Å². The van der Waals surface area contributed by atoms with Gasteiger partial charge in [-0.15, -0.1) is 0 Å². The number of nitrogens with zero attached hydrogens (tertiary/aromatic N) is 2. The third-order valence-electron chi connectivity index (χ3n) is 6.97. The van der Waals surface area contributed by atoms with Gasteiger partial charge in [-0.05, 0) is 88.5 Å². The number of carbonyl (C=O) groups excluding carboxylic acids is 2. The summed E-state index contributed by atoms with van der Waals surface area (Å²) in [6, 6.07) is 7.62. The molecule has 2 atom stereocenters. The van der Waals surface area contributed by atoms with Crippen molar-refractivity contribution in [1.29, 1.82) is 0 Å². The lowest BCUT2D eigenvalue weighted by atomic mass is 9.92. The first kappa shape index (κ1) is 19.4. The third kappa shape index (κ3) is 3.94. The zero-order valence-electron chi connectivity index (χ0n) is 17.0. The first-order chi connectivity index (χ1) is 13.5. The fraction of sp³-hybridized carbons (Fsp3) is 0.636. The standard InChI is InChI=1S/C22H32N4O2/c1-25-13-3-4-18(15-25)26(2)21(28)16-5-7-17(8-6-16)24-20(27)19-14-22(19)9-11-23-12-10-22/h5-8,18-19,23H,3-4,9-15H2,1-2H3,(H,24,27). The summed E-state index contributed by atoms with van der Waals surface area (Å²) in [4.78, 5) is 29.6. The zero-order chi connectivity index (χ0) is 19.7. The van der Waals surface area contributed by atoms with Crippen molar-refractivity contribution in [2.45, 2.75) is 38.1 Å². The molecule has 152 valence electrons. The maximum atomic E-state index is 12.8. The maximum absolute atomic E-state index is 12.8. The second-order valence-corrected chi connectivity index (χ2v) is 8.91. The Morgan fingerprint density at radius 3 is 2.61 bits per heavy atom. The highest BCUT2D eigenvalue weighted by Crippen LogP contribution is 2.58. The van der Waals surface area contributed by atoms with E-state index in [1.54, 1.807) is 0 Å². The SMILES string of the molecule is CN1CCCC(N(C)C(=O)c2ccc(NC(=O)C3CC34CCNCC4)cc2)C1. The Balaban J connectivity index is 1.33. The van der Waals surface area contributed by atoms with Crippen molar-refractivity contribution in [2.24, 2.45) is 11.3 Å². The largest absolute Gasteiger partial charge is 0.337 e. The van der Waals surface area contributed by atoms with Gasteiger partial charge in [-0.2, -0.15) is 0 Å². The molecule has 1 saturated carbocycles. The minimum atomic E-state index is 0.0500. The van der Waals surface area contributed by atoms with Crippen molar-refractivity contribution in [3.63, 3.8) is 0 Å². The van der Waals surface area contributed by atoms with Crippen LogP contribution in [0.1, 0.15) is 42.5 Å². The molecule has 2 heterocycles. The number of amides is 2. The van der Waals surface area contributed by atoms with Crippen LogP contribution >= 0.6 is 0 Å². The maximum Gasteiger partial charge on any atom is 0.253 e. The molecule has 2 N–H and O–H groups in total. The number of hydrogen-bond acceptors (Lipinski definition) is 4. The zero-order valence-corrected chi connectivity index (χ0v) is 17.0. The van der Waals surface area contributed by atoms with Crippen LogP contribution in [0.25, 0.3) is 0 Å². The van der Waals surface area contributed by atoms with Crippen LogP contribution in [0, 0.1) is 11.3 Å². The monoisotopic (exact) mass is 384 g/mol. The molecule has 0 aromatic heterocycles. The first-order valence-electron chi connectivity index (χ1n) is 10.6. The molecule has 2 unspecified atom stereocenters. The van der Waals surface area contributed by atoms with Crippen LogP contribution in [-0.4, -0.2) is 67.9 Å². The molecule has 2 amide bonds. The van der Waals surface area contributed by atoms with E-state index in [1.165, 1.54) is 0 Å². The summed E-state index contributed by atoms with van der Waals surface area (Å²) in [5, 5.41) is 6.42. The van der Waals surface area contributed by atoms with Crippen LogP contribution in [0.3, 0.4) is 0 Å². The molecule has 28 heavy (non-hydrogen) atoms. The Morgan fingerprint density at radius 1 is 1.21 bits per heavy atom. The summed E-state index contributed by atoms with van der Waals surface area (Å²) < 4.78 is 0. The Bertz CT molecular complexity index is 727. The van der Waals surface area contributed by atoms with Crippen molar-refractivity contribution in [3.05, 3.63) is 29.8 Å². The Kier molecular flexibility index (Phi) is 5.43. The lowest BCUT2D eigenvalue weighted by Crippen LogP contribution is -2.47. The number of likely N-dealkylation sites (tertiary alicyclic amines) is 1. The molecule has 2 aliphatic heterocycles. The molecule has 6 nitrogen and oxygen atoms in total. The predicted molar refractivity (Wildman–Crippen MR) is 110 cm³/mol. The predicted octanol–water partition coefficient (Wildman–Crippen LogP) is 2.18. The number of likely N-dealkylation sites (N-methyl/N-ethyl adjacent to an activating group) is 2. The highest BCUT2D eigenvalue weighted by molar-refractivity contribution is 5.97. The Hall–Kier alpha value is -1.92. The Labute approximate surface area is 167 Å². The van der Waals surface area contributed by atoms with Gasteiger partial charge in [-0.3, -0.25) is 9.59 Å². The van der Waals surface area contributed by atoms with Crippen molar-refractivity contribution in [3.8, 4) is 0 Å². The number of hydrogen-bond donors (Lipinski definition) is 2. The van der Waals surface area contributed by atoms with Gasteiger partial charge >= 0.3 is 0 Å². The molecule has 0 radical (unpaired) electrons. The van der Waals surface area contributed by atoms with E-state index >= 15 is 0 Å². The van der Waals surface area contributed by atoms with E-state index in [9.17, 15) is 9.59 Å². The summed E-state index contributed by atoms with van der Waals surface area (Å²) in [7, 11) is 4.00. The number of nitrogens with one attached hydrogen (secondary N) is 2. The van der Waals surface area contributed by atoms with Crippen molar-refractivity contribution in [2.75, 3.05) is 45.6 Å². The van der Waals surface area contributed by atoms with Crippen LogP contribution in [0.4, 0.5) is 5.69 Å². The van der Waals surface area contributed by atoms with Gasteiger partial charge in [0, 0.05) is 36.8 Å². The number of anilines is 1. The van der Waals surface area contributed by atoms with E-state index in [0.717, 1.165) is 64.0 Å². The lowest BCUT2D eigenvalue weighted by molar-refractivity contribution is -0.118. The summed E-state index contributed by atoms with van der Waals surface area (Å²) in [6.45, 7) is 4.07. The summed E-state index contributed by atoms with van der Waals surface area (Å²) in [5.41, 5.74) is 1.69. The molecule has 3 fully saturated rings. The summed E-state index contributed by atoms with van der Waals surface area (Å²) in [5.74, 6) is 0.322. The lowest BCUT2D eigenvalue weighted by Gasteiger charge is -2.35. The van der Waals surface area contributed by atoms with Crippen LogP contribution < -0.4 is 10.6 Å². The smallest absolute Gasteiger partial charge is 0.253 e. The van der Waals surface area contributed by atoms with Gasteiger partial charge in [0.1, 0.15) is 0 Å². The average molecular weight is 385 g/mol. The molecule has 1 aliphatic carbocycles. The van der Waals surface area contributed by atoms with Crippen LogP contribution in [-0.2, 0) is 4.79 Å². The molecule has 4 rings (SSSR count). The van der Waals surface area contributed by atoms with Crippen molar-refractivity contribution < 1.29 is 9.59 Å². The minimum Gasteiger partial charge on any atom is -0.337 e. The molecule has 3 aliphatic rings. The van der Waals surface area contributed by atoms with Gasteiger partial charge in [0.2, 0.25) is 5.91 Å². The van der Waals surface area contributed by atoms with E-state index in [1.807, 2.05) is 36.2 Å². The molecular weight excluding hydrogens is 352 g/mol. The topological polar surface area (TPSA) is 64.7 Å². The molecule has 0 bridgehead atoms. The molecule has 2 saturated heterocycles. The van der Waals surface area contributed by atoms with Gasteiger partial charge in [0.25, 0.3) is 5.91 Å². The van der Waals surface area contributed by atoms with E-state index in [0.29, 0.717) is 5.56 Å². The van der Waals surface area contributed by atoms with Gasteiger partial charge < -0.3 is 20.4 Å². The number of piperidine rings is 2. The first-order valence-corrected chi connectivity index (χ1v) is 10.6. The van der Waals surface area contributed by atoms with E-state index in [4.69, 9.17) is 0 Å². The van der Waals surface area contributed by atoms with Gasteiger partial charge in [-0.1, -0.05) is 0 Å². The highest BCUT2D eigenvalue weighted by Gasteiger charge is 2.57. The van der Waals surface area contributed by atoms with E-state index < -0.39 is 0 Å². The van der Waals surface area contributed by atoms with E-state index in [-0.39, 0.29) is 29.2 Å². The highest BCUT2D eigenvalue weighted by atomic mass is 16.2. The normalized spacial score (nSPS) is 26.6. The molecule has 1 aromatic rings. The molecule has 1 aromatic carbocycles. The fourth-order valence-electron chi connectivity index (χ4n) is 4.95. The van der Waals surface area contributed by atoms with Gasteiger partial charge in [-0.25, -0.2) is 0 Å². The second kappa shape index (κ2) is 7.84. The summed E-state index contributed by atoms with van der Waals surface area (Å²) >= 11 is 0. The second-order valence-electron chi connectivity index (χ2n) is 8.91. The van der Waals surface area contributed by atoms with E-state index in [2.05, 4.69) is 22.6 Å². The van der Waals surface area contributed by atoms with Crippen LogP contribution in [0.2, 0.25) is 0 Å². The quantitative estimate of drug-likeness (QED) is 0.835. The third-order valence-corrected chi connectivity index (χ3v) is 6.97. The minimum absolute atomic E-state index is 0.0500. The van der Waals surface area contributed by atoms with Crippen LogP contribution in [0.5, 0.6) is 0 Å².